The number of thiazole rings is 1. The summed E-state index contributed by atoms with van der Waals surface area (Å²) in [4.78, 5) is 10.1. The third kappa shape index (κ3) is 2.76. The monoisotopic (exact) mass is 348 g/mol. The van der Waals surface area contributed by atoms with Crippen molar-refractivity contribution in [2.24, 2.45) is 0 Å². The summed E-state index contributed by atoms with van der Waals surface area (Å²) in [7, 11) is 0. The van der Waals surface area contributed by atoms with Gasteiger partial charge in [-0.3, -0.25) is 0 Å². The second-order valence-electron chi connectivity index (χ2n) is 5.88. The summed E-state index contributed by atoms with van der Waals surface area (Å²) in [5.74, 6) is 0.477. The van der Waals surface area contributed by atoms with Crippen molar-refractivity contribution in [2.45, 2.75) is 53.4 Å². The van der Waals surface area contributed by atoms with Crippen LogP contribution in [0.1, 0.15) is 54.7 Å². The Labute approximate surface area is 145 Å². The Kier molecular flexibility index (Phi) is 4.43. The fraction of sp³-hybridized carbons (Fsp3) is 0.471. The Morgan fingerprint density at radius 2 is 1.87 bits per heavy atom. The number of nitrogens with zero attached hydrogens (tertiary/aromatic N) is 4. The van der Waals surface area contributed by atoms with E-state index in [1.165, 1.54) is 5.69 Å². The van der Waals surface area contributed by atoms with E-state index in [2.05, 4.69) is 24.9 Å². The minimum Gasteiger partial charge on any atom is -0.233 e. The van der Waals surface area contributed by atoms with Crippen molar-refractivity contribution >= 4 is 28.6 Å². The molecular formula is C17H21ClN4S. The van der Waals surface area contributed by atoms with E-state index in [9.17, 15) is 0 Å². The molecule has 4 nitrogen and oxygen atoms in total. The van der Waals surface area contributed by atoms with Crippen LogP contribution in [0.3, 0.4) is 0 Å². The van der Waals surface area contributed by atoms with Crippen molar-refractivity contribution in [3.05, 3.63) is 33.3 Å². The predicted octanol–water partition coefficient (Wildman–Crippen LogP) is 5.34. The molecule has 0 aliphatic heterocycles. The molecule has 0 bridgehead atoms. The molecule has 122 valence electrons. The zero-order valence-electron chi connectivity index (χ0n) is 14.1. The van der Waals surface area contributed by atoms with Crippen molar-refractivity contribution in [3.63, 3.8) is 0 Å². The van der Waals surface area contributed by atoms with Gasteiger partial charge in [0.1, 0.15) is 5.15 Å². The van der Waals surface area contributed by atoms with E-state index in [1.807, 2.05) is 25.3 Å². The average molecular weight is 349 g/mol. The van der Waals surface area contributed by atoms with Gasteiger partial charge in [-0.2, -0.15) is 5.10 Å². The van der Waals surface area contributed by atoms with Gasteiger partial charge in [0.15, 0.2) is 5.65 Å². The lowest BCUT2D eigenvalue weighted by molar-refractivity contribution is 0.598. The predicted molar refractivity (Wildman–Crippen MR) is 96.6 cm³/mol. The maximum absolute atomic E-state index is 6.34. The van der Waals surface area contributed by atoms with Gasteiger partial charge in [-0.25, -0.2) is 14.5 Å². The van der Waals surface area contributed by atoms with Crippen LogP contribution in [-0.2, 0) is 0 Å². The summed E-state index contributed by atoms with van der Waals surface area (Å²) >= 11 is 7.94. The number of hydrogen-bond donors (Lipinski definition) is 0. The fourth-order valence-corrected chi connectivity index (χ4v) is 4.38. The Morgan fingerprint density at radius 3 is 2.43 bits per heavy atom. The first kappa shape index (κ1) is 16.4. The van der Waals surface area contributed by atoms with Gasteiger partial charge < -0.3 is 0 Å². The molecule has 0 aromatic carbocycles. The minimum absolute atomic E-state index is 0.477. The Balaban J connectivity index is 2.33. The lowest BCUT2D eigenvalue weighted by Gasteiger charge is -2.15. The molecule has 0 fully saturated rings. The highest BCUT2D eigenvalue weighted by molar-refractivity contribution is 7.15. The van der Waals surface area contributed by atoms with Crippen molar-refractivity contribution in [1.82, 2.24) is 19.6 Å². The van der Waals surface area contributed by atoms with Crippen LogP contribution in [0.5, 0.6) is 0 Å². The number of fused-ring (bicyclic) bond motifs is 1. The standard InChI is InChI=1S/C17H21ClN4S/c1-6-12(7-2)13-8-9(3)19-17-14(10(4)21-22(13)17)15-16(18)20-11(5)23-15/h8,12H,6-7H2,1-5H3. The van der Waals surface area contributed by atoms with Crippen LogP contribution < -0.4 is 0 Å². The van der Waals surface area contributed by atoms with Gasteiger partial charge in [-0.1, -0.05) is 25.4 Å². The van der Waals surface area contributed by atoms with E-state index >= 15 is 0 Å². The van der Waals surface area contributed by atoms with Gasteiger partial charge >= 0.3 is 0 Å². The van der Waals surface area contributed by atoms with E-state index < -0.39 is 0 Å². The molecule has 3 rings (SSSR count). The Morgan fingerprint density at radius 1 is 1.17 bits per heavy atom. The third-order valence-corrected chi connectivity index (χ3v) is 5.62. The van der Waals surface area contributed by atoms with E-state index in [-0.39, 0.29) is 0 Å². The summed E-state index contributed by atoms with van der Waals surface area (Å²) < 4.78 is 2.00. The van der Waals surface area contributed by atoms with E-state index in [1.54, 1.807) is 11.3 Å². The van der Waals surface area contributed by atoms with Gasteiger partial charge in [0, 0.05) is 17.3 Å². The van der Waals surface area contributed by atoms with Crippen LogP contribution in [0, 0.1) is 20.8 Å². The number of hydrogen-bond acceptors (Lipinski definition) is 4. The van der Waals surface area contributed by atoms with Crippen LogP contribution in [0.4, 0.5) is 0 Å². The summed E-state index contributed by atoms with van der Waals surface area (Å²) in [6.07, 6.45) is 2.17. The summed E-state index contributed by atoms with van der Waals surface area (Å²) in [6.45, 7) is 10.5. The van der Waals surface area contributed by atoms with Crippen LogP contribution in [-0.4, -0.2) is 19.6 Å². The second-order valence-corrected chi connectivity index (χ2v) is 7.45. The smallest absolute Gasteiger partial charge is 0.164 e. The molecular weight excluding hydrogens is 328 g/mol. The second kappa shape index (κ2) is 6.21. The fourth-order valence-electron chi connectivity index (χ4n) is 3.09. The van der Waals surface area contributed by atoms with Gasteiger partial charge in [0.2, 0.25) is 0 Å². The zero-order valence-corrected chi connectivity index (χ0v) is 15.7. The maximum Gasteiger partial charge on any atom is 0.164 e. The first-order chi connectivity index (χ1) is 11.0. The van der Waals surface area contributed by atoms with Gasteiger partial charge in [0.05, 0.1) is 21.1 Å². The first-order valence-corrected chi connectivity index (χ1v) is 9.15. The van der Waals surface area contributed by atoms with Crippen LogP contribution in [0.25, 0.3) is 16.1 Å². The summed E-state index contributed by atoms with van der Waals surface area (Å²) in [5, 5.41) is 6.27. The largest absolute Gasteiger partial charge is 0.233 e. The van der Waals surface area contributed by atoms with Crippen LogP contribution in [0.2, 0.25) is 5.15 Å². The quantitative estimate of drug-likeness (QED) is 0.639. The molecule has 3 aromatic rings. The Hall–Kier alpha value is -1.46. The number of aromatic nitrogens is 4. The Bertz CT molecular complexity index is 861. The van der Waals surface area contributed by atoms with Gasteiger partial charge in [0.25, 0.3) is 0 Å². The van der Waals surface area contributed by atoms with E-state index in [4.69, 9.17) is 21.7 Å². The van der Waals surface area contributed by atoms with Crippen LogP contribution >= 0.6 is 22.9 Å². The normalized spacial score (nSPS) is 11.8. The number of halogens is 1. The van der Waals surface area contributed by atoms with Gasteiger partial charge in [-0.05, 0) is 39.7 Å². The van der Waals surface area contributed by atoms with Crippen LogP contribution in [0.15, 0.2) is 6.07 Å². The molecule has 6 heteroatoms. The molecule has 0 radical (unpaired) electrons. The molecule has 0 N–H and O–H groups in total. The SMILES string of the molecule is CCC(CC)c1cc(C)nc2c(-c3sc(C)nc3Cl)c(C)nn12. The highest BCUT2D eigenvalue weighted by Crippen LogP contribution is 2.38. The molecule has 0 saturated heterocycles. The third-order valence-electron chi connectivity index (χ3n) is 4.24. The van der Waals surface area contributed by atoms with Crippen molar-refractivity contribution in [3.8, 4) is 10.4 Å². The summed E-state index contributed by atoms with van der Waals surface area (Å²) in [6, 6.07) is 2.15. The maximum atomic E-state index is 6.34. The molecule has 0 saturated carbocycles. The minimum atomic E-state index is 0.477. The van der Waals surface area contributed by atoms with E-state index in [0.29, 0.717) is 11.1 Å². The van der Waals surface area contributed by atoms with Gasteiger partial charge in [-0.15, -0.1) is 11.3 Å². The molecule has 3 aromatic heterocycles. The highest BCUT2D eigenvalue weighted by Gasteiger charge is 2.22. The average Bonchev–Trinajstić information content (AvgIpc) is 2.98. The van der Waals surface area contributed by atoms with Crippen molar-refractivity contribution in [1.29, 1.82) is 0 Å². The lowest BCUT2D eigenvalue weighted by atomic mass is 9.98. The molecule has 23 heavy (non-hydrogen) atoms. The molecule has 0 atom stereocenters. The lowest BCUT2D eigenvalue weighted by Crippen LogP contribution is -2.07. The molecule has 0 amide bonds. The molecule has 0 unspecified atom stereocenters. The molecule has 0 aliphatic rings. The first-order valence-electron chi connectivity index (χ1n) is 7.96. The summed E-state index contributed by atoms with van der Waals surface area (Å²) in [5.41, 5.74) is 5.08. The molecule has 0 aliphatic carbocycles. The van der Waals surface area contributed by atoms with Crippen molar-refractivity contribution in [2.75, 3.05) is 0 Å². The van der Waals surface area contributed by atoms with E-state index in [0.717, 1.165) is 45.3 Å². The number of rotatable bonds is 4. The topological polar surface area (TPSA) is 43.1 Å². The zero-order chi connectivity index (χ0) is 16.7. The number of aryl methyl sites for hydroxylation is 3. The van der Waals surface area contributed by atoms with Crippen molar-refractivity contribution < 1.29 is 0 Å². The highest BCUT2D eigenvalue weighted by atomic mass is 35.5. The molecule has 3 heterocycles. The molecule has 0 spiro atoms.